The fourth-order valence-corrected chi connectivity index (χ4v) is 2.30. The molecule has 1 saturated carbocycles. The van der Waals surface area contributed by atoms with Crippen LogP contribution in [0, 0.1) is 0 Å². The van der Waals surface area contributed by atoms with Crippen LogP contribution in [0.1, 0.15) is 36.0 Å². The molecule has 0 spiro atoms. The average molecular weight is 251 g/mol. The summed E-state index contributed by atoms with van der Waals surface area (Å²) >= 11 is 0. The Kier molecular flexibility index (Phi) is 3.36. The molecule has 0 radical (unpaired) electrons. The molecule has 18 heavy (non-hydrogen) atoms. The van der Waals surface area contributed by atoms with Gasteiger partial charge in [0.1, 0.15) is 5.56 Å². The molecule has 0 unspecified atom stereocenters. The van der Waals surface area contributed by atoms with E-state index < -0.39 is 17.2 Å². The van der Waals surface area contributed by atoms with Gasteiger partial charge in [-0.2, -0.15) is 0 Å². The summed E-state index contributed by atoms with van der Waals surface area (Å²) in [6.07, 6.45) is 5.43. The van der Waals surface area contributed by atoms with Crippen molar-refractivity contribution in [3.63, 3.8) is 0 Å². The minimum Gasteiger partial charge on any atom is -0.349 e. The van der Waals surface area contributed by atoms with Gasteiger partial charge in [0, 0.05) is 26.3 Å². The summed E-state index contributed by atoms with van der Waals surface area (Å²) in [6, 6.07) is 0.152. The predicted octanol–water partition coefficient (Wildman–Crippen LogP) is -0.244. The first-order chi connectivity index (χ1) is 8.50. The average Bonchev–Trinajstić information content (AvgIpc) is 2.83. The van der Waals surface area contributed by atoms with Crippen molar-refractivity contribution in [1.29, 1.82) is 0 Å². The SMILES string of the molecule is Cn1cc(C(=O)NC2CCCC2)c(=O)n(C)c1=O. The zero-order chi connectivity index (χ0) is 13.3. The highest BCUT2D eigenvalue weighted by atomic mass is 16.2. The fourth-order valence-electron chi connectivity index (χ4n) is 2.30. The van der Waals surface area contributed by atoms with Gasteiger partial charge in [-0.25, -0.2) is 4.79 Å². The smallest absolute Gasteiger partial charge is 0.330 e. The van der Waals surface area contributed by atoms with Crippen LogP contribution in [0.4, 0.5) is 0 Å². The van der Waals surface area contributed by atoms with Crippen LogP contribution in [0.3, 0.4) is 0 Å². The minimum atomic E-state index is -0.548. The molecule has 1 fully saturated rings. The summed E-state index contributed by atoms with van der Waals surface area (Å²) in [5.41, 5.74) is -0.961. The molecule has 1 aromatic heterocycles. The van der Waals surface area contributed by atoms with Crippen molar-refractivity contribution in [2.75, 3.05) is 0 Å². The highest BCUT2D eigenvalue weighted by molar-refractivity contribution is 5.93. The van der Waals surface area contributed by atoms with Crippen LogP contribution in [0.5, 0.6) is 0 Å². The molecule has 1 N–H and O–H groups in total. The van der Waals surface area contributed by atoms with E-state index in [2.05, 4.69) is 5.32 Å². The molecular formula is C12H17N3O3. The van der Waals surface area contributed by atoms with Crippen LogP contribution in [0.15, 0.2) is 15.8 Å². The highest BCUT2D eigenvalue weighted by Gasteiger charge is 2.20. The van der Waals surface area contributed by atoms with Gasteiger partial charge in [0.05, 0.1) is 0 Å². The van der Waals surface area contributed by atoms with Crippen LogP contribution < -0.4 is 16.6 Å². The van der Waals surface area contributed by atoms with Gasteiger partial charge < -0.3 is 9.88 Å². The number of amides is 1. The normalized spacial score (nSPS) is 15.9. The van der Waals surface area contributed by atoms with Crippen LogP contribution >= 0.6 is 0 Å². The molecule has 1 aliphatic carbocycles. The van der Waals surface area contributed by atoms with Gasteiger partial charge in [0.15, 0.2) is 0 Å². The second-order valence-corrected chi connectivity index (χ2v) is 4.76. The molecule has 0 aromatic carbocycles. The number of carbonyl (C=O) groups is 1. The number of nitrogens with one attached hydrogen (secondary N) is 1. The topological polar surface area (TPSA) is 73.1 Å². The first-order valence-electron chi connectivity index (χ1n) is 6.08. The summed E-state index contributed by atoms with van der Waals surface area (Å²) < 4.78 is 2.19. The van der Waals surface area contributed by atoms with Gasteiger partial charge in [-0.3, -0.25) is 14.2 Å². The summed E-state index contributed by atoms with van der Waals surface area (Å²) in [7, 11) is 2.89. The van der Waals surface area contributed by atoms with Gasteiger partial charge in [-0.05, 0) is 12.8 Å². The monoisotopic (exact) mass is 251 g/mol. The van der Waals surface area contributed by atoms with E-state index >= 15 is 0 Å². The number of hydrogen-bond acceptors (Lipinski definition) is 3. The molecule has 1 amide bonds. The molecule has 1 heterocycles. The highest BCUT2D eigenvalue weighted by Crippen LogP contribution is 2.17. The lowest BCUT2D eigenvalue weighted by molar-refractivity contribution is 0.0934. The van der Waals surface area contributed by atoms with E-state index in [1.54, 1.807) is 0 Å². The molecule has 0 bridgehead atoms. The fraction of sp³-hybridized carbons (Fsp3) is 0.583. The minimum absolute atomic E-state index is 0.0199. The van der Waals surface area contributed by atoms with Crippen LogP contribution in [0.2, 0.25) is 0 Å². The maximum absolute atomic E-state index is 12.0. The lowest BCUT2D eigenvalue weighted by Crippen LogP contribution is -2.43. The van der Waals surface area contributed by atoms with Crippen molar-refractivity contribution in [2.24, 2.45) is 14.1 Å². The maximum atomic E-state index is 12.0. The maximum Gasteiger partial charge on any atom is 0.330 e. The third-order valence-electron chi connectivity index (χ3n) is 3.38. The summed E-state index contributed by atoms with van der Waals surface area (Å²) in [5, 5.41) is 2.84. The van der Waals surface area contributed by atoms with Gasteiger partial charge in [0.2, 0.25) is 0 Å². The second kappa shape index (κ2) is 4.80. The zero-order valence-corrected chi connectivity index (χ0v) is 10.6. The largest absolute Gasteiger partial charge is 0.349 e. The Morgan fingerprint density at radius 2 is 1.89 bits per heavy atom. The molecule has 2 rings (SSSR count). The molecule has 1 aliphatic rings. The number of aromatic nitrogens is 2. The van der Waals surface area contributed by atoms with Crippen molar-refractivity contribution in [1.82, 2.24) is 14.5 Å². The second-order valence-electron chi connectivity index (χ2n) is 4.76. The number of rotatable bonds is 2. The van der Waals surface area contributed by atoms with Gasteiger partial charge in [-0.1, -0.05) is 12.8 Å². The first kappa shape index (κ1) is 12.6. The first-order valence-corrected chi connectivity index (χ1v) is 6.08. The van der Waals surface area contributed by atoms with Crippen molar-refractivity contribution in [3.8, 4) is 0 Å². The molecule has 98 valence electrons. The quantitative estimate of drug-likeness (QED) is 0.788. The Labute approximate surface area is 104 Å². The third kappa shape index (κ3) is 2.23. The Balaban J connectivity index is 2.30. The number of aryl methyl sites for hydroxylation is 1. The molecule has 0 saturated heterocycles. The van der Waals surface area contributed by atoms with Gasteiger partial charge in [0.25, 0.3) is 11.5 Å². The summed E-state index contributed by atoms with van der Waals surface area (Å²) in [5.74, 6) is -0.391. The Morgan fingerprint density at radius 3 is 2.50 bits per heavy atom. The number of carbonyl (C=O) groups excluding carboxylic acids is 1. The van der Waals surface area contributed by atoms with E-state index in [1.165, 1.54) is 24.9 Å². The van der Waals surface area contributed by atoms with Crippen molar-refractivity contribution < 1.29 is 4.79 Å². The predicted molar refractivity (Wildman–Crippen MR) is 66.6 cm³/mol. The molecule has 0 aliphatic heterocycles. The summed E-state index contributed by atoms with van der Waals surface area (Å²) in [6.45, 7) is 0. The van der Waals surface area contributed by atoms with Crippen LogP contribution in [-0.4, -0.2) is 21.1 Å². The third-order valence-corrected chi connectivity index (χ3v) is 3.38. The van der Waals surface area contributed by atoms with Crippen LogP contribution in [-0.2, 0) is 14.1 Å². The zero-order valence-electron chi connectivity index (χ0n) is 10.6. The lowest BCUT2D eigenvalue weighted by Gasteiger charge is -2.12. The van der Waals surface area contributed by atoms with Gasteiger partial charge >= 0.3 is 5.69 Å². The summed E-state index contributed by atoms with van der Waals surface area (Å²) in [4.78, 5) is 35.3. The Hall–Kier alpha value is -1.85. The molecule has 0 atom stereocenters. The van der Waals surface area contributed by atoms with E-state index in [9.17, 15) is 14.4 Å². The van der Waals surface area contributed by atoms with E-state index in [-0.39, 0.29) is 11.6 Å². The molecule has 6 heteroatoms. The lowest BCUT2D eigenvalue weighted by atomic mass is 10.2. The van der Waals surface area contributed by atoms with Crippen molar-refractivity contribution >= 4 is 5.91 Å². The van der Waals surface area contributed by atoms with E-state index in [0.717, 1.165) is 30.3 Å². The van der Waals surface area contributed by atoms with E-state index in [0.29, 0.717) is 0 Å². The van der Waals surface area contributed by atoms with E-state index in [1.807, 2.05) is 0 Å². The molecular weight excluding hydrogens is 234 g/mol. The van der Waals surface area contributed by atoms with Crippen molar-refractivity contribution in [3.05, 3.63) is 32.6 Å². The van der Waals surface area contributed by atoms with Gasteiger partial charge in [-0.15, -0.1) is 0 Å². The number of nitrogens with zero attached hydrogens (tertiary/aromatic N) is 2. The standard InChI is InChI=1S/C12H17N3O3/c1-14-7-9(11(17)15(2)12(14)18)10(16)13-8-5-3-4-6-8/h7-8H,3-6H2,1-2H3,(H,13,16). The Bertz CT molecular complexity index is 579. The molecule has 6 nitrogen and oxygen atoms in total. The molecule has 1 aromatic rings. The Morgan fingerprint density at radius 1 is 1.28 bits per heavy atom. The van der Waals surface area contributed by atoms with E-state index in [4.69, 9.17) is 0 Å². The number of hydrogen-bond donors (Lipinski definition) is 1. The van der Waals surface area contributed by atoms with Crippen LogP contribution in [0.25, 0.3) is 0 Å². The van der Waals surface area contributed by atoms with Crippen molar-refractivity contribution in [2.45, 2.75) is 31.7 Å².